The number of carbonyl (C=O) groups excluding carboxylic acids is 4. The number of hydrogen-bond donors (Lipinski definition) is 2. The van der Waals surface area contributed by atoms with Gasteiger partial charge < -0.3 is 42.9 Å². The monoisotopic (exact) mass is 1830 g/mol. The molecule has 0 unspecified atom stereocenters. The zero-order valence-corrected chi connectivity index (χ0v) is 83.2. The molecule has 0 atom stereocenters. The molecule has 0 spiro atoms. The lowest BCUT2D eigenvalue weighted by Crippen LogP contribution is -2.11. The first kappa shape index (κ1) is 111. The van der Waals surface area contributed by atoms with Crippen molar-refractivity contribution in [3.63, 3.8) is 0 Å². The van der Waals surface area contributed by atoms with Gasteiger partial charge in [0.2, 0.25) is 5.75 Å². The van der Waals surface area contributed by atoms with Crippen molar-refractivity contribution in [3.8, 4) is 50.6 Å². The van der Waals surface area contributed by atoms with Crippen LogP contribution in [0.2, 0.25) is 0 Å². The predicted octanol–water partition coefficient (Wildman–Crippen LogP) is 33.7. The van der Waals surface area contributed by atoms with Crippen molar-refractivity contribution in [2.24, 2.45) is 0 Å². The Kier molecular flexibility index (Phi) is 60.9. The zero-order valence-electron chi connectivity index (χ0n) is 82.3. The number of unbranched alkanes of at least 4 members (excludes halogenated alkanes) is 50. The Labute approximate surface area is 799 Å². The molecular formula is C117H173O14P. The normalized spacial score (nSPS) is 11.5. The molecular weight excluding hydrogens is 1660 g/mol. The molecule has 0 fully saturated rings. The first-order valence-corrected chi connectivity index (χ1v) is 55.0. The van der Waals surface area contributed by atoms with E-state index < -0.39 is 13.6 Å². The third-order valence-corrected chi connectivity index (χ3v) is 26.7. The first-order valence-electron chi connectivity index (χ1n) is 53.2. The Hall–Kier alpha value is -8.03. The fourth-order valence-electron chi connectivity index (χ4n) is 17.4. The molecule has 7 aromatic carbocycles. The Bertz CT molecular complexity index is 3970. The molecule has 0 saturated carbocycles. The van der Waals surface area contributed by atoms with E-state index in [1.54, 1.807) is 12.1 Å². The lowest BCUT2D eigenvalue weighted by atomic mass is 10.00. The Morgan fingerprint density at radius 3 is 0.644 bits per heavy atom. The molecule has 7 aromatic rings. The molecule has 132 heavy (non-hydrogen) atoms. The summed E-state index contributed by atoms with van der Waals surface area (Å²) in [6, 6.07) is 53.6. The fourth-order valence-corrected chi connectivity index (χ4v) is 18.0. The number of ether oxygens (including phenoxy) is 7. The molecule has 0 aromatic heterocycles. The number of benzene rings is 7. The fraction of sp³-hybridized carbons (Fsp3) is 0.607. The number of carbonyl (C=O) groups is 4. The Morgan fingerprint density at radius 1 is 0.220 bits per heavy atom. The predicted molar refractivity (Wildman–Crippen MR) is 548 cm³/mol. The van der Waals surface area contributed by atoms with E-state index in [0.29, 0.717) is 92.2 Å². The van der Waals surface area contributed by atoms with E-state index in [1.165, 1.54) is 152 Å². The molecule has 0 aliphatic carbocycles. The van der Waals surface area contributed by atoms with E-state index in [1.807, 2.05) is 72.8 Å². The number of rotatable bonds is 82. The van der Waals surface area contributed by atoms with Gasteiger partial charge in [0.15, 0.2) is 11.5 Å². The van der Waals surface area contributed by atoms with Crippen LogP contribution in [0.1, 0.15) is 445 Å². The molecule has 14 nitrogen and oxygen atoms in total. The lowest BCUT2D eigenvalue weighted by Gasteiger charge is -2.19. The lowest BCUT2D eigenvalue weighted by molar-refractivity contribution is 0.0487. The summed E-state index contributed by atoms with van der Waals surface area (Å²) in [6.07, 6.45) is 67.2. The average Bonchev–Trinajstić information content (AvgIpc) is 0.810. The van der Waals surface area contributed by atoms with E-state index in [4.69, 9.17) is 33.2 Å². The van der Waals surface area contributed by atoms with Crippen LogP contribution in [0, 0.1) is 0 Å². The molecule has 0 aliphatic heterocycles. The molecule has 730 valence electrons. The van der Waals surface area contributed by atoms with Crippen molar-refractivity contribution in [2.75, 3.05) is 52.4 Å². The minimum absolute atomic E-state index is 0.0443. The Morgan fingerprint density at radius 2 is 0.409 bits per heavy atom. The van der Waals surface area contributed by atoms with Crippen LogP contribution in [0.5, 0.6) is 17.2 Å². The maximum atomic E-state index is 14.0. The van der Waals surface area contributed by atoms with Gasteiger partial charge in [0, 0.05) is 6.16 Å². The van der Waals surface area contributed by atoms with Crippen molar-refractivity contribution in [2.45, 2.75) is 406 Å². The van der Waals surface area contributed by atoms with Gasteiger partial charge >= 0.3 is 31.5 Å². The van der Waals surface area contributed by atoms with Gasteiger partial charge in [-0.1, -0.05) is 425 Å². The summed E-state index contributed by atoms with van der Waals surface area (Å²) in [5.41, 5.74) is 13.0. The zero-order chi connectivity index (χ0) is 93.5. The molecule has 0 radical (unpaired) electrons. The highest BCUT2D eigenvalue weighted by Gasteiger charge is 2.22. The van der Waals surface area contributed by atoms with E-state index >= 15 is 0 Å². The van der Waals surface area contributed by atoms with Gasteiger partial charge in [-0.25, -0.2) is 19.2 Å². The second-order valence-electron chi connectivity index (χ2n) is 37.4. The highest BCUT2D eigenvalue weighted by molar-refractivity contribution is 7.51. The van der Waals surface area contributed by atoms with Crippen LogP contribution in [0.4, 0.5) is 0 Å². The third-order valence-electron chi connectivity index (χ3n) is 25.8. The number of esters is 4. The first-order chi connectivity index (χ1) is 64.8. The summed E-state index contributed by atoms with van der Waals surface area (Å²) < 4.78 is 54.3. The number of hydrogen-bond acceptors (Lipinski definition) is 12. The van der Waals surface area contributed by atoms with Gasteiger partial charge in [0.05, 0.1) is 68.5 Å². The van der Waals surface area contributed by atoms with Crippen LogP contribution in [0.15, 0.2) is 158 Å². The van der Waals surface area contributed by atoms with E-state index in [-0.39, 0.29) is 24.1 Å². The summed E-state index contributed by atoms with van der Waals surface area (Å²) in [6.45, 7) is 9.77. The van der Waals surface area contributed by atoms with Gasteiger partial charge in [-0.05, 0) is 188 Å². The van der Waals surface area contributed by atoms with Gasteiger partial charge in [0.25, 0.3) is 0 Å². The largest absolute Gasteiger partial charge is 0.490 e. The quantitative estimate of drug-likeness (QED) is 0.0158. The molecule has 0 saturated heterocycles. The maximum absolute atomic E-state index is 14.0. The topological polar surface area (TPSA) is 190 Å². The summed E-state index contributed by atoms with van der Waals surface area (Å²) >= 11 is 0. The second-order valence-corrected chi connectivity index (χ2v) is 39.2. The second kappa shape index (κ2) is 72.4. The van der Waals surface area contributed by atoms with Crippen molar-refractivity contribution < 1.29 is 66.7 Å². The van der Waals surface area contributed by atoms with Gasteiger partial charge in [-0.3, -0.25) is 4.57 Å². The van der Waals surface area contributed by atoms with Crippen molar-refractivity contribution in [1.29, 1.82) is 0 Å². The average molecular weight is 1830 g/mol. The van der Waals surface area contributed by atoms with Crippen LogP contribution in [-0.4, -0.2) is 86.1 Å². The van der Waals surface area contributed by atoms with Crippen molar-refractivity contribution >= 4 is 31.5 Å². The van der Waals surface area contributed by atoms with Crippen molar-refractivity contribution in [3.05, 3.63) is 197 Å². The van der Waals surface area contributed by atoms with Gasteiger partial charge in [0.1, 0.15) is 0 Å². The minimum atomic E-state index is -3.94. The van der Waals surface area contributed by atoms with Crippen LogP contribution < -0.4 is 14.2 Å². The summed E-state index contributed by atoms with van der Waals surface area (Å²) in [5, 5.41) is 0. The van der Waals surface area contributed by atoms with Gasteiger partial charge in [-0.15, -0.1) is 0 Å². The Balaban J connectivity index is 0.830. The third kappa shape index (κ3) is 51.1. The highest BCUT2D eigenvalue weighted by Crippen LogP contribution is 2.41. The molecule has 0 aliphatic rings. The van der Waals surface area contributed by atoms with E-state index in [0.717, 1.165) is 277 Å². The van der Waals surface area contributed by atoms with Crippen LogP contribution >= 0.6 is 7.60 Å². The molecule has 2 N–H and O–H groups in total. The smallest absolute Gasteiger partial charge is 0.338 e. The van der Waals surface area contributed by atoms with Crippen LogP contribution in [-0.2, 0) is 42.8 Å². The SMILES string of the molecule is CCCCCCCCCc1ccc(-c2ccc(C(=O)OCCCCCCCCCCCOc3cc(C(=O)OCCCCCCCCCCCP(=O)(O)O)cc(OCCCCCCCCCCCOC(=O)c4ccc(-c5ccc(CCCCCCCCC)cc5)cc4)c3OCCCCCCCCCCCOC(=O)c3ccc(-c4ccc(CCCCCCCCC)cc4)cc3)cc2)cc1. The minimum Gasteiger partial charge on any atom is -0.490 e. The molecule has 0 amide bonds. The summed E-state index contributed by atoms with van der Waals surface area (Å²) in [7, 11) is -3.94. The standard InChI is InChI=1S/C117H173O14P/c1-4-7-10-13-28-39-50-61-98-64-70-101(71-65-98)104-76-82-107(83-77-104)114(118)128-91-56-45-34-23-16-20-31-42-53-88-125-111-96-110(117(121)131-94-59-48-37-26-19-27-38-49-60-95-132(122,123)124)97-112(126-89-54-43-32-21-17-24-35-46-57-92-129-115(119)108-84-78-105(79-85-108)102-72-66-99(67-73-102)62-51-40-29-14-11-8-5-2)113(111)127-90-55-44-33-22-18-25-36-47-58-93-130-116(120)109-86-80-106(81-87-109)103-74-68-100(69-75-103)63-52-41-30-15-12-9-6-3/h64-87,96-97H,4-63,88-95H2,1-3H3,(H2,122,123,124). The highest BCUT2D eigenvalue weighted by atomic mass is 31.2. The number of aryl methyl sites for hydroxylation is 3. The summed E-state index contributed by atoms with van der Waals surface area (Å²) in [4.78, 5) is 71.4. The van der Waals surface area contributed by atoms with Crippen molar-refractivity contribution in [1.82, 2.24) is 0 Å². The molecule has 0 heterocycles. The van der Waals surface area contributed by atoms with Crippen LogP contribution in [0.3, 0.4) is 0 Å². The molecule has 0 bridgehead atoms. The summed E-state index contributed by atoms with van der Waals surface area (Å²) in [5.74, 6) is 0.308. The van der Waals surface area contributed by atoms with E-state index in [9.17, 15) is 33.5 Å². The molecule has 15 heteroatoms. The maximum Gasteiger partial charge on any atom is 0.338 e. The molecule has 7 rings (SSSR count). The van der Waals surface area contributed by atoms with Gasteiger partial charge in [-0.2, -0.15) is 0 Å². The van der Waals surface area contributed by atoms with E-state index in [2.05, 4.69) is 93.6 Å². The van der Waals surface area contributed by atoms with Crippen LogP contribution in [0.25, 0.3) is 33.4 Å².